The molecule has 2 rings (SSSR count). The zero-order valence-electron chi connectivity index (χ0n) is 9.47. The lowest BCUT2D eigenvalue weighted by Gasteiger charge is -2.38. The van der Waals surface area contributed by atoms with Gasteiger partial charge in [0.1, 0.15) is 5.75 Å². The number of hydrogen-bond acceptors (Lipinski definition) is 4. The van der Waals surface area contributed by atoms with Gasteiger partial charge in [-0.3, -0.25) is 4.90 Å². The molecule has 0 saturated carbocycles. The van der Waals surface area contributed by atoms with E-state index < -0.39 is 6.10 Å². The van der Waals surface area contributed by atoms with Gasteiger partial charge in [-0.25, -0.2) is 0 Å². The van der Waals surface area contributed by atoms with Crippen LogP contribution in [-0.4, -0.2) is 42.8 Å². The molecule has 1 aromatic carbocycles. The van der Waals surface area contributed by atoms with Gasteiger partial charge in [-0.1, -0.05) is 12.1 Å². The molecule has 1 aromatic rings. The summed E-state index contributed by atoms with van der Waals surface area (Å²) in [6.07, 6.45) is -0.470. The van der Waals surface area contributed by atoms with Crippen molar-refractivity contribution in [1.29, 1.82) is 0 Å². The lowest BCUT2D eigenvalue weighted by Crippen LogP contribution is -2.56. The molecular formula is C12H18N2O2. The Labute approximate surface area is 95.6 Å². The van der Waals surface area contributed by atoms with E-state index in [1.807, 2.05) is 24.3 Å². The van der Waals surface area contributed by atoms with Crippen molar-refractivity contribution in [2.75, 3.05) is 26.7 Å². The molecule has 88 valence electrons. The predicted octanol–water partition coefficient (Wildman–Crippen LogP) is 0.371. The minimum atomic E-state index is -0.470. The van der Waals surface area contributed by atoms with Crippen LogP contribution in [0.3, 0.4) is 0 Å². The summed E-state index contributed by atoms with van der Waals surface area (Å²) < 4.78 is 5.12. The second kappa shape index (κ2) is 4.82. The number of ether oxygens (including phenoxy) is 1. The number of hydrogen-bond donors (Lipinski definition) is 2. The maximum atomic E-state index is 10.0. The molecule has 0 radical (unpaired) electrons. The van der Waals surface area contributed by atoms with Gasteiger partial charge in [0.05, 0.1) is 13.2 Å². The Morgan fingerprint density at radius 2 is 2.31 bits per heavy atom. The number of likely N-dealkylation sites (tertiary alicyclic amines) is 1. The van der Waals surface area contributed by atoms with Crippen LogP contribution in [0, 0.1) is 0 Å². The largest absolute Gasteiger partial charge is 0.497 e. The Hall–Kier alpha value is -1.10. The van der Waals surface area contributed by atoms with E-state index in [2.05, 4.69) is 4.90 Å². The van der Waals surface area contributed by atoms with Crippen molar-refractivity contribution in [2.24, 2.45) is 5.73 Å². The lowest BCUT2D eigenvalue weighted by atomic mass is 10.1. The van der Waals surface area contributed by atoms with E-state index in [0.29, 0.717) is 6.54 Å². The molecular weight excluding hydrogens is 204 g/mol. The number of aliphatic hydroxyl groups is 1. The molecule has 0 spiro atoms. The van der Waals surface area contributed by atoms with Gasteiger partial charge in [-0.05, 0) is 17.7 Å². The number of aliphatic hydroxyl groups excluding tert-OH is 1. The maximum Gasteiger partial charge on any atom is 0.119 e. The van der Waals surface area contributed by atoms with Crippen LogP contribution in [0.2, 0.25) is 0 Å². The quantitative estimate of drug-likeness (QED) is 0.773. The zero-order chi connectivity index (χ0) is 11.5. The van der Waals surface area contributed by atoms with E-state index >= 15 is 0 Å². The highest BCUT2D eigenvalue weighted by Gasteiger charge is 2.25. The summed E-state index contributed by atoms with van der Waals surface area (Å²) in [6, 6.07) is 7.81. The third-order valence-electron chi connectivity index (χ3n) is 2.90. The van der Waals surface area contributed by atoms with Crippen molar-refractivity contribution in [1.82, 2.24) is 4.90 Å². The van der Waals surface area contributed by atoms with Crippen molar-refractivity contribution < 1.29 is 9.84 Å². The first-order valence-electron chi connectivity index (χ1n) is 5.49. The standard InChI is InChI=1S/C12H18N2O2/c1-16-11-4-2-3-9(5-11)12(15)8-14-6-10(13)7-14/h2-5,10,12,15H,6-8,13H2,1H3. The summed E-state index contributed by atoms with van der Waals surface area (Å²) in [7, 11) is 1.62. The summed E-state index contributed by atoms with van der Waals surface area (Å²) in [5.41, 5.74) is 6.57. The fourth-order valence-corrected chi connectivity index (χ4v) is 1.96. The molecule has 1 fully saturated rings. The Bertz CT molecular complexity index is 351. The van der Waals surface area contributed by atoms with Gasteiger partial charge in [0.25, 0.3) is 0 Å². The van der Waals surface area contributed by atoms with Crippen molar-refractivity contribution in [3.8, 4) is 5.75 Å². The molecule has 0 aromatic heterocycles. The zero-order valence-corrected chi connectivity index (χ0v) is 9.47. The summed E-state index contributed by atoms with van der Waals surface area (Å²) in [5.74, 6) is 0.775. The highest BCUT2D eigenvalue weighted by Crippen LogP contribution is 2.21. The third-order valence-corrected chi connectivity index (χ3v) is 2.90. The van der Waals surface area contributed by atoms with Crippen LogP contribution in [0.5, 0.6) is 5.75 Å². The molecule has 16 heavy (non-hydrogen) atoms. The van der Waals surface area contributed by atoms with Crippen LogP contribution >= 0.6 is 0 Å². The number of β-amino-alcohol motifs (C(OH)–C–C–N with tert-alkyl or cyclic N) is 1. The van der Waals surface area contributed by atoms with E-state index in [9.17, 15) is 5.11 Å². The highest BCUT2D eigenvalue weighted by molar-refractivity contribution is 5.30. The molecule has 0 amide bonds. The Morgan fingerprint density at radius 1 is 1.56 bits per heavy atom. The SMILES string of the molecule is COc1cccc(C(O)CN2CC(N)C2)c1. The molecule has 4 heteroatoms. The first-order chi connectivity index (χ1) is 7.69. The summed E-state index contributed by atoms with van der Waals surface area (Å²) in [4.78, 5) is 2.15. The van der Waals surface area contributed by atoms with Gasteiger partial charge in [0, 0.05) is 25.7 Å². The molecule has 1 atom stereocenters. The number of nitrogens with zero attached hydrogens (tertiary/aromatic N) is 1. The molecule has 0 aliphatic carbocycles. The predicted molar refractivity (Wildman–Crippen MR) is 62.4 cm³/mol. The minimum Gasteiger partial charge on any atom is -0.497 e. The average Bonchev–Trinajstić information content (AvgIpc) is 2.27. The first kappa shape index (κ1) is 11.4. The highest BCUT2D eigenvalue weighted by atomic mass is 16.5. The van der Waals surface area contributed by atoms with Crippen LogP contribution in [0.25, 0.3) is 0 Å². The summed E-state index contributed by atoms with van der Waals surface area (Å²) in [6.45, 7) is 2.39. The number of rotatable bonds is 4. The molecule has 0 bridgehead atoms. The van der Waals surface area contributed by atoms with Gasteiger partial charge < -0.3 is 15.6 Å². The van der Waals surface area contributed by atoms with E-state index in [1.54, 1.807) is 7.11 Å². The van der Waals surface area contributed by atoms with E-state index in [0.717, 1.165) is 24.4 Å². The molecule has 1 unspecified atom stereocenters. The number of nitrogens with two attached hydrogens (primary N) is 1. The van der Waals surface area contributed by atoms with Gasteiger partial charge in [0.15, 0.2) is 0 Å². The topological polar surface area (TPSA) is 58.7 Å². The summed E-state index contributed by atoms with van der Waals surface area (Å²) >= 11 is 0. The molecule has 1 heterocycles. The van der Waals surface area contributed by atoms with Gasteiger partial charge >= 0.3 is 0 Å². The average molecular weight is 222 g/mol. The van der Waals surface area contributed by atoms with Crippen molar-refractivity contribution >= 4 is 0 Å². The van der Waals surface area contributed by atoms with Crippen LogP contribution in [0.4, 0.5) is 0 Å². The van der Waals surface area contributed by atoms with Crippen LogP contribution < -0.4 is 10.5 Å². The van der Waals surface area contributed by atoms with Crippen LogP contribution in [-0.2, 0) is 0 Å². The third kappa shape index (κ3) is 2.52. The Morgan fingerprint density at radius 3 is 2.94 bits per heavy atom. The fraction of sp³-hybridized carbons (Fsp3) is 0.500. The van der Waals surface area contributed by atoms with Crippen LogP contribution in [0.15, 0.2) is 24.3 Å². The van der Waals surface area contributed by atoms with Crippen molar-refractivity contribution in [2.45, 2.75) is 12.1 Å². The first-order valence-corrected chi connectivity index (χ1v) is 5.49. The van der Waals surface area contributed by atoms with E-state index in [1.165, 1.54) is 0 Å². The fourth-order valence-electron chi connectivity index (χ4n) is 1.96. The van der Waals surface area contributed by atoms with E-state index in [4.69, 9.17) is 10.5 Å². The Kier molecular flexibility index (Phi) is 3.43. The molecule has 1 aliphatic rings. The van der Waals surface area contributed by atoms with E-state index in [-0.39, 0.29) is 6.04 Å². The Balaban J connectivity index is 1.94. The number of methoxy groups -OCH3 is 1. The van der Waals surface area contributed by atoms with Gasteiger partial charge in [0.2, 0.25) is 0 Å². The second-order valence-corrected chi connectivity index (χ2v) is 4.27. The smallest absolute Gasteiger partial charge is 0.119 e. The summed E-state index contributed by atoms with van der Waals surface area (Å²) in [5, 5.41) is 10.0. The molecule has 4 nitrogen and oxygen atoms in total. The molecule has 1 aliphatic heterocycles. The van der Waals surface area contributed by atoms with Gasteiger partial charge in [-0.15, -0.1) is 0 Å². The minimum absolute atomic E-state index is 0.275. The molecule has 3 N–H and O–H groups in total. The normalized spacial score (nSPS) is 19.2. The number of benzene rings is 1. The maximum absolute atomic E-state index is 10.0. The van der Waals surface area contributed by atoms with Crippen LogP contribution in [0.1, 0.15) is 11.7 Å². The van der Waals surface area contributed by atoms with Crippen molar-refractivity contribution in [3.05, 3.63) is 29.8 Å². The monoisotopic (exact) mass is 222 g/mol. The molecule has 1 saturated heterocycles. The van der Waals surface area contributed by atoms with Gasteiger partial charge in [-0.2, -0.15) is 0 Å². The van der Waals surface area contributed by atoms with Crippen molar-refractivity contribution in [3.63, 3.8) is 0 Å². The lowest BCUT2D eigenvalue weighted by molar-refractivity contribution is 0.0662. The second-order valence-electron chi connectivity index (χ2n) is 4.27.